The summed E-state index contributed by atoms with van der Waals surface area (Å²) in [6.45, 7) is 0.506. The molecule has 0 fully saturated rings. The van der Waals surface area contributed by atoms with Crippen LogP contribution in [0, 0.1) is 0 Å². The normalized spacial score (nSPS) is 13.1. The van der Waals surface area contributed by atoms with Crippen LogP contribution in [0.1, 0.15) is 213 Å². The van der Waals surface area contributed by atoms with Crippen LogP contribution >= 0.6 is 68.0 Å². The molecule has 6 aliphatic rings. The van der Waals surface area contributed by atoms with Crippen LogP contribution in [-0.2, 0) is 78.9 Å². The van der Waals surface area contributed by atoms with Crippen molar-refractivity contribution in [3.63, 3.8) is 0 Å². The second kappa shape index (κ2) is 46.0. The second-order valence-corrected chi connectivity index (χ2v) is 35.9. The number of carbonyl (C=O) groups is 11. The molecule has 5 aliphatic carbocycles. The van der Waals surface area contributed by atoms with Gasteiger partial charge in [0.15, 0.2) is 54.9 Å². The second-order valence-electron chi connectivity index (χ2n) is 30.7. The fourth-order valence-corrected chi connectivity index (χ4v) is 20.0. The molecule has 0 spiro atoms. The van der Waals surface area contributed by atoms with E-state index in [-0.39, 0.29) is 83.9 Å². The van der Waals surface area contributed by atoms with Crippen LogP contribution in [0.3, 0.4) is 0 Å². The maximum Gasteiger partial charge on any atom is 0.360 e. The molecular weight excluding hydrogens is 1940 g/mol. The zero-order chi connectivity index (χ0) is 100. The third-order valence-electron chi connectivity index (χ3n) is 22.3. The molecule has 33 nitrogen and oxygen atoms in total. The average Bonchev–Trinajstić information content (AvgIpc) is 1.62. The van der Waals surface area contributed by atoms with Crippen molar-refractivity contribution >= 4 is 183 Å². The molecule has 0 saturated heterocycles. The van der Waals surface area contributed by atoms with E-state index in [9.17, 15) is 68.2 Å². The number of hydrogen-bond acceptors (Lipinski definition) is 38. The maximum absolute atomic E-state index is 12.6. The lowest BCUT2D eigenvalue weighted by Gasteiger charge is -2.11. The largest absolute Gasteiger partial charge is 0.464 e. The summed E-state index contributed by atoms with van der Waals surface area (Å²) < 4.78 is 39.1. The molecule has 716 valence electrons. The lowest BCUT2D eigenvalue weighted by Crippen LogP contribution is -2.14. The number of allylic oxidation sites excluding steroid dienone is 8. The minimum Gasteiger partial charge on any atom is -0.464 e. The van der Waals surface area contributed by atoms with Crippen LogP contribution in [-0.4, -0.2) is 186 Å². The van der Waals surface area contributed by atoms with Crippen LogP contribution < -0.4 is 0 Å². The number of rotatable bonds is 21. The van der Waals surface area contributed by atoms with Gasteiger partial charge in [0, 0.05) is 84.9 Å². The third-order valence-corrected chi connectivity index (χ3v) is 27.5. The SMILES string of the molecule is COC(=O)c1coc(C(=O)C2=CCc3ccccc32)n1.COC(=O)c1csc(/C(=N\O)C2=CCc3ccccc32)n1.COC(=O)c1csc(C(=O)C2=CCc3cccnc32)n1.COC(=O)c1csc(C(=O)C2=NCc3ccccc32)n1.COC(=O)c1csc(C(=O)c2cn(C)c3ccccc23)n1.COC(=O)c1csc([C@@H](O)C2=CCc3ccccc32)n1.COC(=O)c1csc([C@H](O)C2=CCc3ccccc32)n1. The van der Waals surface area contributed by atoms with E-state index in [1.807, 2.05) is 200 Å². The number of fused-ring (bicyclic) bond motifs is 7. The van der Waals surface area contributed by atoms with Gasteiger partial charge < -0.3 is 57.6 Å². The number of benzene rings is 6. The van der Waals surface area contributed by atoms with Crippen molar-refractivity contribution in [1.82, 2.24) is 44.4 Å². The number of aliphatic hydroxyl groups excluding tert-OH is 2. The van der Waals surface area contributed by atoms with Crippen molar-refractivity contribution in [3.05, 3.63) is 387 Å². The number of ether oxygens (including phenoxy) is 7. The number of pyridine rings is 1. The molecule has 0 amide bonds. The van der Waals surface area contributed by atoms with Crippen LogP contribution in [0.15, 0.2) is 254 Å². The zero-order valence-electron chi connectivity index (χ0n) is 76.5. The summed E-state index contributed by atoms with van der Waals surface area (Å²) >= 11 is 7.16. The van der Waals surface area contributed by atoms with Crippen LogP contribution in [0.25, 0.3) is 38.8 Å². The summed E-state index contributed by atoms with van der Waals surface area (Å²) in [4.78, 5) is 166. The van der Waals surface area contributed by atoms with Gasteiger partial charge in [-0.3, -0.25) is 29.2 Å². The number of esters is 7. The third kappa shape index (κ3) is 22.2. The van der Waals surface area contributed by atoms with Gasteiger partial charge in [0.1, 0.15) is 44.9 Å². The van der Waals surface area contributed by atoms with E-state index in [0.29, 0.717) is 68.2 Å². The first-order chi connectivity index (χ1) is 68.9. The van der Waals surface area contributed by atoms with Gasteiger partial charge in [-0.1, -0.05) is 181 Å². The molecule has 21 rings (SSSR count). The molecule has 0 radical (unpaired) electrons. The van der Waals surface area contributed by atoms with Gasteiger partial charge in [0.25, 0.3) is 5.89 Å². The topological polar surface area (TPSA) is 459 Å². The summed E-state index contributed by atoms with van der Waals surface area (Å²) in [6.07, 6.45) is 16.5. The number of nitrogens with zero attached hydrogens (tertiary/aromatic N) is 11. The van der Waals surface area contributed by atoms with E-state index in [4.69, 9.17) is 4.42 Å². The highest BCUT2D eigenvalue weighted by Gasteiger charge is 2.33. The molecule has 15 aromatic rings. The van der Waals surface area contributed by atoms with Crippen molar-refractivity contribution in [2.24, 2.45) is 17.2 Å². The van der Waals surface area contributed by atoms with E-state index >= 15 is 0 Å². The van der Waals surface area contributed by atoms with Crippen molar-refractivity contribution < 1.29 is 106 Å². The van der Waals surface area contributed by atoms with Crippen molar-refractivity contribution in [3.8, 4) is 0 Å². The number of carbonyl (C=O) groups excluding carboxylic acids is 11. The Morgan fingerprint density at radius 1 is 0.373 bits per heavy atom. The zero-order valence-corrected chi connectivity index (χ0v) is 81.4. The van der Waals surface area contributed by atoms with Gasteiger partial charge >= 0.3 is 41.8 Å². The number of hydrogen-bond donors (Lipinski definition) is 3. The molecule has 6 aromatic carbocycles. The van der Waals surface area contributed by atoms with E-state index in [1.54, 1.807) is 28.5 Å². The highest BCUT2D eigenvalue weighted by atomic mass is 32.1. The standard InChI is InChI=1S/2C15H12N2O3S.C15H11NO4.2C15H13NO3S.2C14H10N2O3S/c1-17-7-10(9-5-3-4-6-12(9)17)13(18)14-16-11(8-21-14)15(19)20-2;1-20-15(18)12-8-21-14(16-12)13(17-19)11-7-6-9-4-2-3-5-10(9)11;3*1-19-15(18)12-8-20-14(16-12)13(17)11-7-6-9-4-2-3-5-10(9)11;1-19-14(18)10-7-20-13(16-10)12(17)9-5-4-8-3-2-6-15-11(8)9;1-19-14(18)10-7-20-13(16-10)12(17)11-9-5-3-2-4-8(9)6-15-11/h3-8H,1-2H3;2-5,7-8,19H,6H2,1H3;2-5,7-8H,6H2,1H3;2*2-5,7-8,13,17H,6H2,1H3;2-3,5-7H,4H2,1H3;2-5,7H,6H2,1H3/b;17-13-;;;;;/t;;;2*13-;;/m...10../s1. The first-order valence-corrected chi connectivity index (χ1v) is 48.1. The summed E-state index contributed by atoms with van der Waals surface area (Å²) in [7, 11) is 10.9. The van der Waals surface area contributed by atoms with E-state index in [1.165, 1.54) is 117 Å². The average molecular weight is 2020 g/mol. The van der Waals surface area contributed by atoms with E-state index in [2.05, 4.69) is 83.2 Å². The lowest BCUT2D eigenvalue weighted by atomic mass is 10.0. The fraction of sp³-hybridized carbons (Fsp3) is 0.155. The summed E-state index contributed by atoms with van der Waals surface area (Å²) in [6, 6.07) is 50.6. The highest BCUT2D eigenvalue weighted by Crippen LogP contribution is 2.41. The number of oxazole rings is 1. The Hall–Kier alpha value is -16.3. The molecule has 0 saturated carbocycles. The number of aryl methyl sites for hydroxylation is 1. The van der Waals surface area contributed by atoms with E-state index in [0.717, 1.165) is 132 Å². The Bertz CT molecular complexity index is 7260. The monoisotopic (exact) mass is 2020 g/mol. The molecule has 2 atom stereocenters. The minimum absolute atomic E-state index is 0.0114. The summed E-state index contributed by atoms with van der Waals surface area (Å²) in [5.74, 6) is -4.81. The van der Waals surface area contributed by atoms with Crippen LogP contribution in [0.2, 0.25) is 0 Å². The van der Waals surface area contributed by atoms with Crippen molar-refractivity contribution in [2.75, 3.05) is 49.8 Å². The first-order valence-electron chi connectivity index (χ1n) is 42.9. The van der Waals surface area contributed by atoms with Crippen LogP contribution in [0.5, 0.6) is 0 Å². The molecular formula is C103H81N11O22S6. The fourth-order valence-electron chi connectivity index (χ4n) is 15.4. The molecule has 142 heavy (non-hydrogen) atoms. The van der Waals surface area contributed by atoms with Gasteiger partial charge in [-0.25, -0.2) is 63.5 Å². The van der Waals surface area contributed by atoms with E-state index < -0.39 is 54.0 Å². The molecule has 3 N–H and O–H groups in total. The van der Waals surface area contributed by atoms with Gasteiger partial charge in [-0.2, -0.15) is 4.98 Å². The van der Waals surface area contributed by atoms with Gasteiger partial charge in [-0.05, 0) is 111 Å². The first kappa shape index (κ1) is 100. The number of thiazole rings is 6. The molecule has 9 aromatic heterocycles. The number of para-hydroxylation sites is 1. The molecule has 39 heteroatoms. The molecule has 1 aliphatic heterocycles. The number of aromatic nitrogens is 9. The Morgan fingerprint density at radius 2 is 0.746 bits per heavy atom. The number of Topliss-reactive ketones (excluding diaryl/α,β-unsaturated/α-hetero) is 3. The predicted octanol–water partition coefficient (Wildman–Crippen LogP) is 17.2. The van der Waals surface area contributed by atoms with Crippen molar-refractivity contribution in [2.45, 2.75) is 50.9 Å². The molecule has 0 unspecified atom stereocenters. The molecule has 0 bridgehead atoms. The maximum atomic E-state index is 12.6. The number of aliphatic hydroxyl groups is 2. The van der Waals surface area contributed by atoms with Crippen molar-refractivity contribution in [1.29, 1.82) is 0 Å². The predicted molar refractivity (Wildman–Crippen MR) is 531 cm³/mol. The Kier molecular flexibility index (Phi) is 32.5. The smallest absolute Gasteiger partial charge is 0.360 e. The number of aliphatic imine (C=N–C) groups is 1. The minimum atomic E-state index is -0.804. The Labute approximate surface area is 832 Å². The lowest BCUT2D eigenvalue weighted by molar-refractivity contribution is 0.0585. The Morgan fingerprint density at radius 3 is 1.25 bits per heavy atom. The highest BCUT2D eigenvalue weighted by molar-refractivity contribution is 7.14. The Balaban J connectivity index is 0.000000125. The number of methoxy groups -OCH3 is 7. The van der Waals surface area contributed by atoms with Gasteiger partial charge in [-0.15, -0.1) is 68.0 Å². The quantitative estimate of drug-likeness (QED) is 0.0150. The number of ketones is 4. The summed E-state index contributed by atoms with van der Waals surface area (Å²) in [5, 5.41) is 46.2. The molecule has 10 heterocycles. The number of oxime groups is 1. The van der Waals surface area contributed by atoms with Gasteiger partial charge in [0.05, 0.1) is 67.6 Å². The van der Waals surface area contributed by atoms with Gasteiger partial charge in [0.2, 0.25) is 23.1 Å². The summed E-state index contributed by atoms with van der Waals surface area (Å²) in [5.41, 5.74) is 19.4. The van der Waals surface area contributed by atoms with Crippen LogP contribution in [0.4, 0.5) is 0 Å².